The van der Waals surface area contributed by atoms with Gasteiger partial charge >= 0.3 is 0 Å². The molecule has 122 valence electrons. The van der Waals surface area contributed by atoms with E-state index < -0.39 is 0 Å². The van der Waals surface area contributed by atoms with Crippen LogP contribution >= 0.6 is 23.1 Å². The predicted octanol–water partition coefficient (Wildman–Crippen LogP) is 4.82. The van der Waals surface area contributed by atoms with Crippen LogP contribution in [0.5, 0.6) is 0 Å². The topological polar surface area (TPSA) is 42.0 Å². The Morgan fingerprint density at radius 2 is 1.88 bits per heavy atom. The zero-order valence-electron chi connectivity index (χ0n) is 12.7. The quantitative estimate of drug-likeness (QED) is 0.687. The van der Waals surface area contributed by atoms with E-state index in [1.54, 1.807) is 23.9 Å². The Bertz CT molecular complexity index is 803. The highest BCUT2D eigenvalue weighted by Gasteiger charge is 2.08. The molecule has 0 aliphatic carbocycles. The highest BCUT2D eigenvalue weighted by Crippen LogP contribution is 2.25. The Labute approximate surface area is 148 Å². The molecule has 1 N–H and O–H groups in total. The SMILES string of the molecule is O=C(CSCc1ccccc1)Nc1nc(-c2ccc(F)cc2)cs1. The number of carbonyl (C=O) groups is 1. The van der Waals surface area contributed by atoms with Crippen LogP contribution in [0.3, 0.4) is 0 Å². The summed E-state index contributed by atoms with van der Waals surface area (Å²) in [5.41, 5.74) is 2.75. The van der Waals surface area contributed by atoms with Gasteiger partial charge in [0.05, 0.1) is 11.4 Å². The monoisotopic (exact) mass is 358 g/mol. The summed E-state index contributed by atoms with van der Waals surface area (Å²) >= 11 is 2.92. The number of amides is 1. The summed E-state index contributed by atoms with van der Waals surface area (Å²) in [5, 5.41) is 5.21. The van der Waals surface area contributed by atoms with E-state index in [-0.39, 0.29) is 11.7 Å². The third-order valence-electron chi connectivity index (χ3n) is 3.24. The molecule has 0 spiro atoms. The number of aromatic nitrogens is 1. The lowest BCUT2D eigenvalue weighted by molar-refractivity contribution is -0.113. The number of halogens is 1. The average molecular weight is 358 g/mol. The highest BCUT2D eigenvalue weighted by atomic mass is 32.2. The van der Waals surface area contributed by atoms with E-state index in [0.29, 0.717) is 10.9 Å². The number of thiazole rings is 1. The molecule has 2 aromatic carbocycles. The minimum absolute atomic E-state index is 0.0732. The van der Waals surface area contributed by atoms with Gasteiger partial charge in [-0.3, -0.25) is 4.79 Å². The van der Waals surface area contributed by atoms with Crippen molar-refractivity contribution in [3.05, 3.63) is 71.4 Å². The van der Waals surface area contributed by atoms with Crippen LogP contribution in [0.25, 0.3) is 11.3 Å². The molecule has 3 rings (SSSR count). The molecule has 1 aromatic heterocycles. The third-order valence-corrected chi connectivity index (χ3v) is 5.00. The molecule has 3 aromatic rings. The van der Waals surface area contributed by atoms with Crippen molar-refractivity contribution in [3.63, 3.8) is 0 Å². The van der Waals surface area contributed by atoms with E-state index in [0.717, 1.165) is 17.0 Å². The van der Waals surface area contributed by atoms with E-state index in [9.17, 15) is 9.18 Å². The van der Waals surface area contributed by atoms with Gasteiger partial charge in [0, 0.05) is 16.7 Å². The second-order valence-electron chi connectivity index (χ2n) is 5.07. The van der Waals surface area contributed by atoms with Gasteiger partial charge in [-0.2, -0.15) is 0 Å². The Balaban J connectivity index is 1.51. The molecule has 24 heavy (non-hydrogen) atoms. The maximum absolute atomic E-state index is 12.9. The fourth-order valence-electron chi connectivity index (χ4n) is 2.08. The molecule has 0 unspecified atom stereocenters. The van der Waals surface area contributed by atoms with Crippen LogP contribution in [0, 0.1) is 5.82 Å². The molecule has 0 aliphatic heterocycles. The van der Waals surface area contributed by atoms with Crippen molar-refractivity contribution in [3.8, 4) is 11.3 Å². The Kier molecular flexibility index (Phi) is 5.61. The average Bonchev–Trinajstić information content (AvgIpc) is 3.05. The van der Waals surface area contributed by atoms with E-state index in [1.165, 1.54) is 29.0 Å². The number of benzene rings is 2. The molecule has 0 saturated heterocycles. The van der Waals surface area contributed by atoms with Gasteiger partial charge in [0.1, 0.15) is 5.82 Å². The maximum Gasteiger partial charge on any atom is 0.236 e. The van der Waals surface area contributed by atoms with Crippen LogP contribution < -0.4 is 5.32 Å². The van der Waals surface area contributed by atoms with E-state index in [1.807, 2.05) is 35.7 Å². The number of anilines is 1. The lowest BCUT2D eigenvalue weighted by Gasteiger charge is -2.02. The Hall–Kier alpha value is -2.18. The van der Waals surface area contributed by atoms with Crippen LogP contribution in [0.2, 0.25) is 0 Å². The summed E-state index contributed by atoms with van der Waals surface area (Å²) < 4.78 is 12.9. The number of rotatable bonds is 6. The molecule has 0 bridgehead atoms. The molecule has 1 heterocycles. The zero-order chi connectivity index (χ0) is 16.8. The van der Waals surface area contributed by atoms with Crippen molar-refractivity contribution in [2.45, 2.75) is 5.75 Å². The van der Waals surface area contributed by atoms with E-state index in [2.05, 4.69) is 10.3 Å². The number of nitrogens with one attached hydrogen (secondary N) is 1. The van der Waals surface area contributed by atoms with Crippen molar-refractivity contribution in [1.82, 2.24) is 4.98 Å². The first-order chi connectivity index (χ1) is 11.7. The van der Waals surface area contributed by atoms with Crippen molar-refractivity contribution in [2.75, 3.05) is 11.1 Å². The summed E-state index contributed by atoms with van der Waals surface area (Å²) in [6.45, 7) is 0. The fraction of sp³-hybridized carbons (Fsp3) is 0.111. The normalized spacial score (nSPS) is 10.5. The second-order valence-corrected chi connectivity index (χ2v) is 6.92. The molecule has 0 saturated carbocycles. The zero-order valence-corrected chi connectivity index (χ0v) is 14.4. The molecule has 0 aliphatic rings. The molecule has 0 radical (unpaired) electrons. The van der Waals surface area contributed by atoms with Gasteiger partial charge in [0.25, 0.3) is 0 Å². The predicted molar refractivity (Wildman–Crippen MR) is 98.7 cm³/mol. The standard InChI is InChI=1S/C18H15FN2OS2/c19-15-8-6-14(7-9-15)16-11-24-18(20-16)21-17(22)12-23-10-13-4-2-1-3-5-13/h1-9,11H,10,12H2,(H,20,21,22). The van der Waals surface area contributed by atoms with Gasteiger partial charge in [0.15, 0.2) is 5.13 Å². The van der Waals surface area contributed by atoms with Gasteiger partial charge < -0.3 is 5.32 Å². The minimum atomic E-state index is -0.280. The van der Waals surface area contributed by atoms with E-state index in [4.69, 9.17) is 0 Å². The smallest absolute Gasteiger partial charge is 0.236 e. The number of thioether (sulfide) groups is 1. The number of nitrogens with zero attached hydrogens (tertiary/aromatic N) is 1. The van der Waals surface area contributed by atoms with Gasteiger partial charge in [-0.1, -0.05) is 30.3 Å². The molecular weight excluding hydrogens is 343 g/mol. The van der Waals surface area contributed by atoms with Crippen LogP contribution in [0.1, 0.15) is 5.56 Å². The molecule has 0 atom stereocenters. The van der Waals surface area contributed by atoms with Gasteiger partial charge in [-0.25, -0.2) is 9.37 Å². The van der Waals surface area contributed by atoms with Crippen molar-refractivity contribution < 1.29 is 9.18 Å². The molecule has 6 heteroatoms. The fourth-order valence-corrected chi connectivity index (χ4v) is 3.60. The van der Waals surface area contributed by atoms with Crippen molar-refractivity contribution >= 4 is 34.1 Å². The van der Waals surface area contributed by atoms with Crippen LogP contribution in [-0.2, 0) is 10.5 Å². The van der Waals surface area contributed by atoms with Crippen LogP contribution in [0.4, 0.5) is 9.52 Å². The van der Waals surface area contributed by atoms with E-state index >= 15 is 0 Å². The second kappa shape index (κ2) is 8.08. The molecule has 1 amide bonds. The van der Waals surface area contributed by atoms with Gasteiger partial charge in [-0.15, -0.1) is 23.1 Å². The largest absolute Gasteiger partial charge is 0.301 e. The highest BCUT2D eigenvalue weighted by molar-refractivity contribution is 7.99. The van der Waals surface area contributed by atoms with Gasteiger partial charge in [-0.05, 0) is 29.8 Å². The third kappa shape index (κ3) is 4.66. The molecule has 0 fully saturated rings. The molecule has 3 nitrogen and oxygen atoms in total. The number of hydrogen-bond donors (Lipinski definition) is 1. The minimum Gasteiger partial charge on any atom is -0.301 e. The summed E-state index contributed by atoms with van der Waals surface area (Å²) in [4.78, 5) is 16.3. The maximum atomic E-state index is 12.9. The Morgan fingerprint density at radius 3 is 2.62 bits per heavy atom. The lowest BCUT2D eigenvalue weighted by Crippen LogP contribution is -2.13. The summed E-state index contributed by atoms with van der Waals surface area (Å²) in [5.74, 6) is 0.821. The van der Waals surface area contributed by atoms with Crippen molar-refractivity contribution in [2.24, 2.45) is 0 Å². The van der Waals surface area contributed by atoms with Crippen LogP contribution in [0.15, 0.2) is 60.0 Å². The first kappa shape index (κ1) is 16.7. The first-order valence-electron chi connectivity index (χ1n) is 7.34. The first-order valence-corrected chi connectivity index (χ1v) is 9.37. The van der Waals surface area contributed by atoms with Crippen molar-refractivity contribution in [1.29, 1.82) is 0 Å². The number of hydrogen-bond acceptors (Lipinski definition) is 4. The Morgan fingerprint density at radius 1 is 1.12 bits per heavy atom. The van der Waals surface area contributed by atoms with Gasteiger partial charge in [0.2, 0.25) is 5.91 Å². The molecular formula is C18H15FN2OS2. The summed E-state index contributed by atoms with van der Waals surface area (Å²) in [7, 11) is 0. The van der Waals surface area contributed by atoms with Crippen LogP contribution in [-0.4, -0.2) is 16.6 Å². The summed E-state index contributed by atoms with van der Waals surface area (Å²) in [6, 6.07) is 16.2. The summed E-state index contributed by atoms with van der Waals surface area (Å²) in [6.07, 6.45) is 0. The number of carbonyl (C=O) groups excluding carboxylic acids is 1. The lowest BCUT2D eigenvalue weighted by atomic mass is 10.2.